The summed E-state index contributed by atoms with van der Waals surface area (Å²) in [5.74, 6) is -1.36. The summed E-state index contributed by atoms with van der Waals surface area (Å²) < 4.78 is 39.4. The van der Waals surface area contributed by atoms with Gasteiger partial charge in [-0.2, -0.15) is 13.2 Å². The average molecular weight is 250 g/mol. The highest BCUT2D eigenvalue weighted by Gasteiger charge is 2.55. The van der Waals surface area contributed by atoms with Gasteiger partial charge in [0.15, 0.2) is 0 Å². The minimum Gasteiger partial charge on any atom is -0.257 e. The Morgan fingerprint density at radius 3 is 2.24 bits per heavy atom. The average Bonchev–Trinajstić information content (AvgIpc) is 2.59. The number of fused-ring (bicyclic) bond motifs is 1. The molecule has 5 heteroatoms. The molecule has 4 atom stereocenters. The van der Waals surface area contributed by atoms with Crippen molar-refractivity contribution < 1.29 is 13.2 Å². The van der Waals surface area contributed by atoms with Gasteiger partial charge in [-0.15, -0.1) is 0 Å². The minimum absolute atomic E-state index is 0.0929. The Kier molecular flexibility index (Phi) is 3.19. The van der Waals surface area contributed by atoms with E-state index in [1.807, 2.05) is 20.8 Å². The van der Waals surface area contributed by atoms with Crippen LogP contribution in [-0.4, -0.2) is 18.8 Å². The van der Waals surface area contributed by atoms with Gasteiger partial charge in [-0.1, -0.05) is 20.8 Å². The molecule has 2 rings (SSSR count). The second-order valence-electron chi connectivity index (χ2n) is 6.41. The molecule has 0 aromatic rings. The Morgan fingerprint density at radius 1 is 1.06 bits per heavy atom. The molecule has 100 valence electrons. The summed E-state index contributed by atoms with van der Waals surface area (Å²) in [5.41, 5.74) is 5.83. The summed E-state index contributed by atoms with van der Waals surface area (Å²) in [6.07, 6.45) is -3.19. The number of alkyl halides is 3. The quantitative estimate of drug-likeness (QED) is 0.690. The zero-order valence-corrected chi connectivity index (χ0v) is 10.6. The van der Waals surface area contributed by atoms with Crippen LogP contribution in [0.1, 0.15) is 33.6 Å². The van der Waals surface area contributed by atoms with Gasteiger partial charge in [-0.25, -0.2) is 0 Å². The molecule has 0 aromatic heterocycles. The van der Waals surface area contributed by atoms with Gasteiger partial charge in [0.2, 0.25) is 0 Å². The molecule has 0 radical (unpaired) electrons. The molecular weight excluding hydrogens is 229 g/mol. The van der Waals surface area contributed by atoms with E-state index in [0.717, 1.165) is 0 Å². The number of hydrazine groups is 1. The summed E-state index contributed by atoms with van der Waals surface area (Å²) in [6, 6.07) is 0.206. The summed E-state index contributed by atoms with van der Waals surface area (Å²) in [6.45, 7) is 6.44. The number of halogens is 3. The summed E-state index contributed by atoms with van der Waals surface area (Å²) in [7, 11) is 0. The zero-order chi connectivity index (χ0) is 12.8. The molecule has 4 unspecified atom stereocenters. The fourth-order valence-electron chi connectivity index (χ4n) is 3.67. The lowest BCUT2D eigenvalue weighted by molar-refractivity contribution is -0.215. The lowest BCUT2D eigenvalue weighted by Gasteiger charge is -2.46. The fourth-order valence-corrected chi connectivity index (χ4v) is 3.67. The highest BCUT2D eigenvalue weighted by Crippen LogP contribution is 2.51. The number of hydrogen-bond donors (Lipinski definition) is 2. The maximum atomic E-state index is 13.1. The molecule has 17 heavy (non-hydrogen) atoms. The van der Waals surface area contributed by atoms with Crippen LogP contribution in [0.15, 0.2) is 0 Å². The van der Waals surface area contributed by atoms with Crippen LogP contribution in [0.25, 0.3) is 0 Å². The van der Waals surface area contributed by atoms with Gasteiger partial charge < -0.3 is 0 Å². The van der Waals surface area contributed by atoms with Gasteiger partial charge in [0.1, 0.15) is 0 Å². The van der Waals surface area contributed by atoms with Gasteiger partial charge in [0.05, 0.1) is 5.92 Å². The van der Waals surface area contributed by atoms with Crippen molar-refractivity contribution in [2.45, 2.75) is 45.8 Å². The van der Waals surface area contributed by atoms with Crippen LogP contribution in [0.3, 0.4) is 0 Å². The first-order valence-electron chi connectivity index (χ1n) is 6.26. The van der Waals surface area contributed by atoms with Gasteiger partial charge in [0, 0.05) is 12.6 Å². The monoisotopic (exact) mass is 250 g/mol. The molecule has 1 saturated heterocycles. The molecule has 1 heterocycles. The Hall–Kier alpha value is -0.290. The molecule has 0 amide bonds. The van der Waals surface area contributed by atoms with Gasteiger partial charge in [-0.05, 0) is 30.1 Å². The third kappa shape index (κ3) is 2.45. The van der Waals surface area contributed by atoms with Crippen molar-refractivity contribution in [3.63, 3.8) is 0 Å². The van der Waals surface area contributed by atoms with Crippen LogP contribution in [0.4, 0.5) is 13.2 Å². The summed E-state index contributed by atoms with van der Waals surface area (Å²) in [4.78, 5) is 0. The molecule has 0 spiro atoms. The van der Waals surface area contributed by atoms with Crippen LogP contribution >= 0.6 is 0 Å². The van der Waals surface area contributed by atoms with E-state index in [0.29, 0.717) is 13.0 Å². The van der Waals surface area contributed by atoms with Crippen molar-refractivity contribution in [1.82, 2.24) is 10.9 Å². The maximum absolute atomic E-state index is 13.1. The van der Waals surface area contributed by atoms with E-state index < -0.39 is 12.1 Å². The number of rotatable bonds is 0. The smallest absolute Gasteiger partial charge is 0.257 e. The van der Waals surface area contributed by atoms with Crippen LogP contribution < -0.4 is 10.9 Å². The standard InChI is InChI=1S/C12H21F3N2/c1-11(2,3)10-7-6-16-17-9(7)5-4-8(10)12(13,14)15/h7-10,16-17H,4-6H2,1-3H3. The highest BCUT2D eigenvalue weighted by molar-refractivity contribution is 5.00. The molecule has 2 N–H and O–H groups in total. The van der Waals surface area contributed by atoms with Gasteiger partial charge in [0.25, 0.3) is 0 Å². The predicted octanol–water partition coefficient (Wildman–Crippen LogP) is 2.71. The fraction of sp³-hybridized carbons (Fsp3) is 1.00. The van der Waals surface area contributed by atoms with E-state index in [9.17, 15) is 13.2 Å². The molecule has 0 bridgehead atoms. The Balaban J connectivity index is 2.28. The predicted molar refractivity (Wildman–Crippen MR) is 60.1 cm³/mol. The van der Waals surface area contributed by atoms with Gasteiger partial charge >= 0.3 is 6.18 Å². The molecule has 2 fully saturated rings. The van der Waals surface area contributed by atoms with Crippen molar-refractivity contribution >= 4 is 0 Å². The molecule has 1 saturated carbocycles. The van der Waals surface area contributed by atoms with Crippen molar-refractivity contribution in [3.05, 3.63) is 0 Å². The molecule has 2 nitrogen and oxygen atoms in total. The van der Waals surface area contributed by atoms with Crippen LogP contribution in [-0.2, 0) is 0 Å². The number of nitrogens with one attached hydrogen (secondary N) is 2. The normalized spacial score (nSPS) is 39.2. The van der Waals surface area contributed by atoms with E-state index in [2.05, 4.69) is 10.9 Å². The Labute approximate surface area is 100 Å². The molecule has 1 aliphatic heterocycles. The third-order valence-electron chi connectivity index (χ3n) is 4.25. The third-order valence-corrected chi connectivity index (χ3v) is 4.25. The molecular formula is C12H21F3N2. The summed E-state index contributed by atoms with van der Waals surface area (Å²) in [5, 5.41) is 0. The minimum atomic E-state index is -4.06. The van der Waals surface area contributed by atoms with Crippen LogP contribution in [0, 0.1) is 23.2 Å². The second-order valence-corrected chi connectivity index (χ2v) is 6.41. The first kappa shape index (κ1) is 13.1. The second kappa shape index (κ2) is 4.12. The van der Waals surface area contributed by atoms with E-state index in [1.54, 1.807) is 0 Å². The first-order chi connectivity index (χ1) is 7.71. The number of hydrogen-bond acceptors (Lipinski definition) is 2. The van der Waals surface area contributed by atoms with Crippen molar-refractivity contribution in [1.29, 1.82) is 0 Å². The van der Waals surface area contributed by atoms with Crippen LogP contribution in [0.5, 0.6) is 0 Å². The van der Waals surface area contributed by atoms with E-state index in [1.165, 1.54) is 0 Å². The van der Waals surface area contributed by atoms with E-state index in [-0.39, 0.29) is 29.7 Å². The lowest BCUT2D eigenvalue weighted by atomic mass is 9.60. The largest absolute Gasteiger partial charge is 0.392 e. The van der Waals surface area contributed by atoms with Crippen molar-refractivity contribution in [3.8, 4) is 0 Å². The Morgan fingerprint density at radius 2 is 1.71 bits per heavy atom. The lowest BCUT2D eigenvalue weighted by Crippen LogP contribution is -2.50. The summed E-state index contributed by atoms with van der Waals surface area (Å²) >= 11 is 0. The highest BCUT2D eigenvalue weighted by atomic mass is 19.4. The van der Waals surface area contributed by atoms with Crippen molar-refractivity contribution in [2.75, 3.05) is 6.54 Å². The van der Waals surface area contributed by atoms with E-state index >= 15 is 0 Å². The zero-order valence-electron chi connectivity index (χ0n) is 10.6. The topological polar surface area (TPSA) is 24.1 Å². The Bertz CT molecular complexity index is 282. The molecule has 1 aliphatic carbocycles. The SMILES string of the molecule is CC(C)(C)C1C2CNNC2CCC1C(F)(F)F. The molecule has 2 aliphatic rings. The van der Waals surface area contributed by atoms with Gasteiger partial charge in [-0.3, -0.25) is 10.9 Å². The first-order valence-corrected chi connectivity index (χ1v) is 6.26. The molecule has 0 aromatic carbocycles. The van der Waals surface area contributed by atoms with E-state index in [4.69, 9.17) is 0 Å². The maximum Gasteiger partial charge on any atom is 0.392 e. The van der Waals surface area contributed by atoms with Crippen LogP contribution in [0.2, 0.25) is 0 Å². The van der Waals surface area contributed by atoms with Crippen molar-refractivity contribution in [2.24, 2.45) is 23.2 Å².